The Labute approximate surface area is 144 Å². The molecular weight excluding hydrogens is 308 g/mol. The Kier molecular flexibility index (Phi) is 9.45. The van der Waals surface area contributed by atoms with Crippen LogP contribution in [0, 0.1) is 5.92 Å². The number of rotatable bonds is 10. The Hall–Kier alpha value is -1.49. The zero-order valence-corrected chi connectivity index (χ0v) is 15.3. The largest absolute Gasteiger partial charge is 0.445 e. The van der Waals surface area contributed by atoms with Gasteiger partial charge in [-0.1, -0.05) is 25.5 Å². The fourth-order valence-corrected chi connectivity index (χ4v) is 3.19. The van der Waals surface area contributed by atoms with Gasteiger partial charge in [-0.3, -0.25) is 0 Å². The van der Waals surface area contributed by atoms with E-state index < -0.39 is 0 Å². The molecule has 1 aromatic carbocycles. The van der Waals surface area contributed by atoms with Crippen LogP contribution in [-0.4, -0.2) is 43.1 Å². The molecule has 0 radical (unpaired) electrons. The van der Waals surface area contributed by atoms with E-state index in [0.717, 1.165) is 24.3 Å². The van der Waals surface area contributed by atoms with Crippen LogP contribution in [0.15, 0.2) is 34.2 Å². The molecule has 5 heteroatoms. The van der Waals surface area contributed by atoms with Crippen molar-refractivity contribution in [2.75, 3.05) is 25.4 Å². The number of aliphatic imine (C=N–C) groups is 1. The third kappa shape index (κ3) is 7.08. The number of carbonyl (C=O) groups is 1. The van der Waals surface area contributed by atoms with Crippen LogP contribution in [0.2, 0.25) is 0 Å². The summed E-state index contributed by atoms with van der Waals surface area (Å²) in [6.45, 7) is 12.1. The Balaban J connectivity index is 2.44. The quantitative estimate of drug-likeness (QED) is 0.467. The Bertz CT molecular complexity index is 472. The predicted molar refractivity (Wildman–Crippen MR) is 98.5 cm³/mol. The lowest BCUT2D eigenvalue weighted by Crippen LogP contribution is -2.30. The van der Waals surface area contributed by atoms with Crippen molar-refractivity contribution in [1.29, 1.82) is 0 Å². The standard InChI is InChI=1S/C18H28N2O2S/c1-5-15(12-19-4)14-23-17-10-8-16(9-11-17)13-22-18(21)20(6-2)7-3/h8-11,15H,4-7,12-14H2,1-3H3. The maximum atomic E-state index is 11.8. The van der Waals surface area contributed by atoms with E-state index in [-0.39, 0.29) is 6.09 Å². The first-order valence-electron chi connectivity index (χ1n) is 8.20. The number of hydrogen-bond donors (Lipinski definition) is 0. The van der Waals surface area contributed by atoms with E-state index in [9.17, 15) is 4.79 Å². The van der Waals surface area contributed by atoms with Crippen molar-refractivity contribution >= 4 is 24.6 Å². The van der Waals surface area contributed by atoms with Crippen LogP contribution in [-0.2, 0) is 11.3 Å². The van der Waals surface area contributed by atoms with E-state index in [4.69, 9.17) is 4.74 Å². The zero-order valence-electron chi connectivity index (χ0n) is 14.5. The molecular formula is C18H28N2O2S. The summed E-state index contributed by atoms with van der Waals surface area (Å²) < 4.78 is 5.32. The number of hydrogen-bond acceptors (Lipinski definition) is 4. The monoisotopic (exact) mass is 336 g/mol. The van der Waals surface area contributed by atoms with Crippen LogP contribution in [0.5, 0.6) is 0 Å². The van der Waals surface area contributed by atoms with Gasteiger partial charge in [-0.25, -0.2) is 4.79 Å². The van der Waals surface area contributed by atoms with E-state index in [1.165, 1.54) is 4.90 Å². The molecule has 128 valence electrons. The molecule has 0 heterocycles. The molecule has 4 nitrogen and oxygen atoms in total. The van der Waals surface area contributed by atoms with Gasteiger partial charge in [0.15, 0.2) is 0 Å². The van der Waals surface area contributed by atoms with Crippen molar-refractivity contribution in [3.8, 4) is 0 Å². The number of carbonyl (C=O) groups excluding carboxylic acids is 1. The minimum Gasteiger partial charge on any atom is -0.445 e. The van der Waals surface area contributed by atoms with Gasteiger partial charge in [-0.15, -0.1) is 11.8 Å². The van der Waals surface area contributed by atoms with Crippen molar-refractivity contribution in [3.05, 3.63) is 29.8 Å². The van der Waals surface area contributed by atoms with Crippen LogP contribution < -0.4 is 0 Å². The van der Waals surface area contributed by atoms with Crippen LogP contribution in [0.25, 0.3) is 0 Å². The summed E-state index contributed by atoms with van der Waals surface area (Å²) in [5.74, 6) is 1.62. The lowest BCUT2D eigenvalue weighted by molar-refractivity contribution is 0.0999. The van der Waals surface area contributed by atoms with Crippen LogP contribution in [0.3, 0.4) is 0 Å². The lowest BCUT2D eigenvalue weighted by Gasteiger charge is -2.18. The van der Waals surface area contributed by atoms with E-state index >= 15 is 0 Å². The summed E-state index contributed by atoms with van der Waals surface area (Å²) in [5, 5.41) is 0. The number of thioether (sulfide) groups is 1. The highest BCUT2D eigenvalue weighted by molar-refractivity contribution is 7.99. The fourth-order valence-electron chi connectivity index (χ4n) is 2.10. The Morgan fingerprint density at radius 3 is 2.43 bits per heavy atom. The normalized spacial score (nSPS) is 11.8. The maximum Gasteiger partial charge on any atom is 0.410 e. The van der Waals surface area contributed by atoms with Gasteiger partial charge in [0, 0.05) is 30.3 Å². The molecule has 0 N–H and O–H groups in total. The molecule has 1 aromatic rings. The van der Waals surface area contributed by atoms with Crippen LogP contribution >= 0.6 is 11.8 Å². The second-order valence-corrected chi connectivity index (χ2v) is 6.46. The van der Waals surface area contributed by atoms with Crippen molar-refractivity contribution in [2.45, 2.75) is 38.7 Å². The minimum atomic E-state index is -0.254. The van der Waals surface area contributed by atoms with Gasteiger partial charge in [0.1, 0.15) is 6.61 Å². The highest BCUT2D eigenvalue weighted by Crippen LogP contribution is 2.23. The van der Waals surface area contributed by atoms with Crippen LogP contribution in [0.1, 0.15) is 32.8 Å². The third-order valence-corrected chi connectivity index (χ3v) is 5.00. The molecule has 0 aliphatic rings. The highest BCUT2D eigenvalue weighted by atomic mass is 32.2. The van der Waals surface area contributed by atoms with E-state index in [0.29, 0.717) is 25.6 Å². The molecule has 0 bridgehead atoms. The summed E-state index contributed by atoms with van der Waals surface area (Å²) in [5.41, 5.74) is 1.01. The van der Waals surface area contributed by atoms with Crippen molar-refractivity contribution in [1.82, 2.24) is 4.90 Å². The summed E-state index contributed by atoms with van der Waals surface area (Å²) in [6, 6.07) is 8.20. The fraction of sp³-hybridized carbons (Fsp3) is 0.556. The van der Waals surface area contributed by atoms with Gasteiger partial charge in [-0.05, 0) is 44.2 Å². The van der Waals surface area contributed by atoms with Crippen molar-refractivity contribution in [3.63, 3.8) is 0 Å². The summed E-state index contributed by atoms with van der Waals surface area (Å²) in [7, 11) is 0. The Morgan fingerprint density at radius 1 is 1.26 bits per heavy atom. The van der Waals surface area contributed by atoms with Crippen molar-refractivity contribution < 1.29 is 9.53 Å². The molecule has 0 aliphatic carbocycles. The van der Waals surface area contributed by atoms with Gasteiger partial charge < -0.3 is 14.6 Å². The van der Waals surface area contributed by atoms with Crippen molar-refractivity contribution in [2.24, 2.45) is 10.9 Å². The molecule has 0 spiro atoms. The second-order valence-electron chi connectivity index (χ2n) is 5.36. The van der Waals surface area contributed by atoms with E-state index in [2.05, 4.69) is 30.8 Å². The van der Waals surface area contributed by atoms with Gasteiger partial charge in [0.05, 0.1) is 0 Å². The molecule has 23 heavy (non-hydrogen) atoms. The van der Waals surface area contributed by atoms with E-state index in [1.54, 1.807) is 4.90 Å². The number of ether oxygens (including phenoxy) is 1. The van der Waals surface area contributed by atoms with Gasteiger partial charge >= 0.3 is 6.09 Å². The topological polar surface area (TPSA) is 41.9 Å². The first-order chi connectivity index (χ1) is 11.1. The molecule has 1 rings (SSSR count). The predicted octanol–water partition coefficient (Wildman–Crippen LogP) is 4.48. The smallest absolute Gasteiger partial charge is 0.410 e. The zero-order chi connectivity index (χ0) is 17.1. The van der Waals surface area contributed by atoms with E-state index in [1.807, 2.05) is 37.7 Å². The third-order valence-electron chi connectivity index (χ3n) is 3.76. The molecule has 1 unspecified atom stereocenters. The molecule has 0 fully saturated rings. The average Bonchev–Trinajstić information content (AvgIpc) is 2.58. The van der Waals surface area contributed by atoms with Crippen LogP contribution in [0.4, 0.5) is 4.79 Å². The molecule has 0 aromatic heterocycles. The van der Waals surface area contributed by atoms with Gasteiger partial charge in [-0.2, -0.15) is 0 Å². The number of amides is 1. The SMILES string of the molecule is C=NCC(CC)CSc1ccc(COC(=O)N(CC)CC)cc1. The molecule has 0 saturated heterocycles. The van der Waals surface area contributed by atoms with Gasteiger partial charge in [0.2, 0.25) is 0 Å². The highest BCUT2D eigenvalue weighted by Gasteiger charge is 2.10. The maximum absolute atomic E-state index is 11.8. The molecule has 0 aliphatic heterocycles. The lowest BCUT2D eigenvalue weighted by atomic mass is 10.1. The minimum absolute atomic E-state index is 0.254. The average molecular weight is 337 g/mol. The molecule has 1 atom stereocenters. The number of nitrogens with zero attached hydrogens (tertiary/aromatic N) is 2. The first kappa shape index (κ1) is 19.6. The summed E-state index contributed by atoms with van der Waals surface area (Å²) in [4.78, 5) is 18.7. The second kappa shape index (κ2) is 11.1. The number of benzene rings is 1. The summed E-state index contributed by atoms with van der Waals surface area (Å²) >= 11 is 1.83. The molecule has 1 amide bonds. The summed E-state index contributed by atoms with van der Waals surface area (Å²) in [6.07, 6.45) is 0.863. The molecule has 0 saturated carbocycles. The van der Waals surface area contributed by atoms with Gasteiger partial charge in [0.25, 0.3) is 0 Å². The Morgan fingerprint density at radius 2 is 1.91 bits per heavy atom. The first-order valence-corrected chi connectivity index (χ1v) is 9.18.